The molecule has 2 aliphatic heterocycles. The number of carbonyl (C=O) groups excluding carboxylic acids is 3. The minimum Gasteiger partial charge on any atom is -0.484 e. The van der Waals surface area contributed by atoms with Crippen LogP contribution in [0.5, 0.6) is 5.75 Å². The normalized spacial score (nSPS) is 18.7. The fourth-order valence-corrected chi connectivity index (χ4v) is 3.79. The number of rotatable bonds is 7. The van der Waals surface area contributed by atoms with E-state index in [0.717, 1.165) is 25.9 Å². The lowest BCUT2D eigenvalue weighted by molar-refractivity contribution is -0.132. The van der Waals surface area contributed by atoms with E-state index in [1.807, 2.05) is 4.90 Å². The molecule has 0 saturated carbocycles. The second-order valence-corrected chi connectivity index (χ2v) is 7.57. The molecular weight excluding hydrogens is 386 g/mol. The molecule has 2 fully saturated rings. The Morgan fingerprint density at radius 2 is 1.90 bits per heavy atom. The average molecular weight is 411 g/mol. The highest BCUT2D eigenvalue weighted by Crippen LogP contribution is 2.27. The molecule has 30 heavy (non-hydrogen) atoms. The van der Waals surface area contributed by atoms with Crippen LogP contribution in [0, 0.1) is 5.92 Å². The van der Waals surface area contributed by atoms with E-state index in [9.17, 15) is 14.4 Å². The van der Waals surface area contributed by atoms with Crippen molar-refractivity contribution in [2.75, 3.05) is 31.1 Å². The van der Waals surface area contributed by atoms with E-state index in [1.165, 1.54) is 0 Å². The molecule has 158 valence electrons. The predicted molar refractivity (Wildman–Crippen MR) is 109 cm³/mol. The maximum atomic E-state index is 12.4. The number of ether oxygens (including phenoxy) is 1. The van der Waals surface area contributed by atoms with Crippen LogP contribution in [0.1, 0.15) is 25.0 Å². The monoisotopic (exact) mass is 411 g/mol. The molecule has 3 amide bonds. The summed E-state index contributed by atoms with van der Waals surface area (Å²) in [5, 5.41) is 2.81. The van der Waals surface area contributed by atoms with Gasteiger partial charge < -0.3 is 24.3 Å². The van der Waals surface area contributed by atoms with Gasteiger partial charge in [-0.2, -0.15) is 0 Å². The second-order valence-electron chi connectivity index (χ2n) is 7.57. The first kappa shape index (κ1) is 20.0. The van der Waals surface area contributed by atoms with Gasteiger partial charge in [0.1, 0.15) is 11.5 Å². The highest BCUT2D eigenvalue weighted by molar-refractivity contribution is 6.00. The molecule has 2 aliphatic rings. The molecule has 4 rings (SSSR count). The van der Waals surface area contributed by atoms with E-state index < -0.39 is 5.92 Å². The van der Waals surface area contributed by atoms with Gasteiger partial charge in [-0.1, -0.05) is 0 Å². The third-order valence-electron chi connectivity index (χ3n) is 5.48. The molecule has 0 spiro atoms. The van der Waals surface area contributed by atoms with Gasteiger partial charge >= 0.3 is 0 Å². The summed E-state index contributed by atoms with van der Waals surface area (Å²) in [5.41, 5.74) is 0.708. The zero-order valence-corrected chi connectivity index (χ0v) is 16.7. The number of carbonyl (C=O) groups is 3. The molecule has 0 radical (unpaired) electrons. The summed E-state index contributed by atoms with van der Waals surface area (Å²) >= 11 is 0. The third-order valence-corrected chi connectivity index (χ3v) is 5.48. The maximum Gasteiger partial charge on any atom is 0.260 e. The highest BCUT2D eigenvalue weighted by atomic mass is 16.5. The van der Waals surface area contributed by atoms with Gasteiger partial charge in [-0.05, 0) is 49.2 Å². The number of likely N-dealkylation sites (tertiary alicyclic amines) is 1. The first-order chi connectivity index (χ1) is 14.6. The molecule has 1 atom stereocenters. The molecule has 1 aromatic heterocycles. The lowest BCUT2D eigenvalue weighted by Crippen LogP contribution is -2.32. The molecular formula is C22H25N3O5. The van der Waals surface area contributed by atoms with Crippen LogP contribution in [0.15, 0.2) is 47.1 Å². The Balaban J connectivity index is 1.28. The predicted octanol–water partition coefficient (Wildman–Crippen LogP) is 1.95. The van der Waals surface area contributed by atoms with Gasteiger partial charge in [-0.3, -0.25) is 14.4 Å². The molecule has 2 aromatic rings. The van der Waals surface area contributed by atoms with Gasteiger partial charge in [0.2, 0.25) is 11.8 Å². The summed E-state index contributed by atoms with van der Waals surface area (Å²) < 4.78 is 10.8. The Morgan fingerprint density at radius 1 is 1.13 bits per heavy atom. The number of hydrogen-bond donors (Lipinski definition) is 1. The Morgan fingerprint density at radius 3 is 2.60 bits per heavy atom. The van der Waals surface area contributed by atoms with Crippen molar-refractivity contribution in [2.45, 2.75) is 25.8 Å². The minimum atomic E-state index is -0.401. The van der Waals surface area contributed by atoms with Crippen molar-refractivity contribution in [1.82, 2.24) is 10.2 Å². The van der Waals surface area contributed by atoms with E-state index in [4.69, 9.17) is 9.15 Å². The maximum absolute atomic E-state index is 12.4. The van der Waals surface area contributed by atoms with Gasteiger partial charge in [-0.25, -0.2) is 0 Å². The smallest absolute Gasteiger partial charge is 0.260 e. The summed E-state index contributed by atoms with van der Waals surface area (Å²) in [7, 11) is 0. The molecule has 0 bridgehead atoms. The van der Waals surface area contributed by atoms with E-state index in [1.54, 1.807) is 47.6 Å². The minimum absolute atomic E-state index is 0.00491. The van der Waals surface area contributed by atoms with Crippen LogP contribution >= 0.6 is 0 Å². The first-order valence-corrected chi connectivity index (χ1v) is 10.2. The van der Waals surface area contributed by atoms with Crippen molar-refractivity contribution in [3.05, 3.63) is 48.4 Å². The van der Waals surface area contributed by atoms with Crippen molar-refractivity contribution in [3.8, 4) is 5.75 Å². The van der Waals surface area contributed by atoms with Crippen molar-refractivity contribution in [1.29, 1.82) is 0 Å². The van der Waals surface area contributed by atoms with Gasteiger partial charge in [0, 0.05) is 31.7 Å². The van der Waals surface area contributed by atoms with Crippen LogP contribution in [0.4, 0.5) is 5.69 Å². The summed E-state index contributed by atoms with van der Waals surface area (Å²) in [4.78, 5) is 40.3. The third kappa shape index (κ3) is 4.64. The Kier molecular flexibility index (Phi) is 6.02. The SMILES string of the molecule is O=C(NCc1ccco1)[C@@H]1CC(=O)N(c2ccc(OCC(=O)N3CCCC3)cc2)C1. The summed E-state index contributed by atoms with van der Waals surface area (Å²) in [6.45, 7) is 2.25. The second kappa shape index (κ2) is 9.02. The zero-order chi connectivity index (χ0) is 20.9. The number of benzene rings is 1. The fourth-order valence-electron chi connectivity index (χ4n) is 3.79. The quantitative estimate of drug-likeness (QED) is 0.752. The molecule has 8 heteroatoms. The van der Waals surface area contributed by atoms with Gasteiger partial charge in [-0.15, -0.1) is 0 Å². The number of anilines is 1. The van der Waals surface area contributed by atoms with Crippen LogP contribution in [-0.4, -0.2) is 48.9 Å². The molecule has 8 nitrogen and oxygen atoms in total. The van der Waals surface area contributed by atoms with Gasteiger partial charge in [0.05, 0.1) is 18.7 Å². The molecule has 2 saturated heterocycles. The van der Waals surface area contributed by atoms with Gasteiger partial charge in [0.15, 0.2) is 6.61 Å². The number of nitrogens with one attached hydrogen (secondary N) is 1. The van der Waals surface area contributed by atoms with Crippen molar-refractivity contribution >= 4 is 23.4 Å². The van der Waals surface area contributed by atoms with Crippen LogP contribution in [-0.2, 0) is 20.9 Å². The molecule has 1 aromatic carbocycles. The highest BCUT2D eigenvalue weighted by Gasteiger charge is 2.35. The Hall–Kier alpha value is -3.29. The van der Waals surface area contributed by atoms with Crippen LogP contribution in [0.3, 0.4) is 0 Å². The van der Waals surface area contributed by atoms with E-state index in [-0.39, 0.29) is 30.7 Å². The van der Waals surface area contributed by atoms with Crippen molar-refractivity contribution in [3.63, 3.8) is 0 Å². The first-order valence-electron chi connectivity index (χ1n) is 10.2. The summed E-state index contributed by atoms with van der Waals surface area (Å²) in [5.74, 6) is 0.582. The lowest BCUT2D eigenvalue weighted by atomic mass is 10.1. The van der Waals surface area contributed by atoms with E-state index >= 15 is 0 Å². The van der Waals surface area contributed by atoms with Crippen molar-refractivity contribution < 1.29 is 23.5 Å². The van der Waals surface area contributed by atoms with Crippen LogP contribution < -0.4 is 15.0 Å². The summed E-state index contributed by atoms with van der Waals surface area (Å²) in [6.07, 6.45) is 3.82. The number of amides is 3. The number of nitrogens with zero attached hydrogens (tertiary/aromatic N) is 2. The molecule has 0 unspecified atom stereocenters. The van der Waals surface area contributed by atoms with Crippen LogP contribution in [0.25, 0.3) is 0 Å². The fraction of sp³-hybridized carbons (Fsp3) is 0.409. The van der Waals surface area contributed by atoms with Crippen LogP contribution in [0.2, 0.25) is 0 Å². The summed E-state index contributed by atoms with van der Waals surface area (Å²) in [6, 6.07) is 10.6. The molecule has 3 heterocycles. The van der Waals surface area contributed by atoms with E-state index in [2.05, 4.69) is 5.32 Å². The standard InChI is InChI=1S/C22H25N3O5/c26-20-12-16(22(28)23-13-19-4-3-11-29-19)14-25(20)17-5-7-18(8-6-17)30-15-21(27)24-9-1-2-10-24/h3-8,11,16H,1-2,9-10,12-15H2,(H,23,28)/t16-/m1/s1. The largest absolute Gasteiger partial charge is 0.484 e. The zero-order valence-electron chi connectivity index (χ0n) is 16.7. The Bertz CT molecular complexity index is 888. The number of furan rings is 1. The Labute approximate surface area is 174 Å². The molecule has 1 N–H and O–H groups in total. The lowest BCUT2D eigenvalue weighted by Gasteiger charge is -2.18. The topological polar surface area (TPSA) is 92.1 Å². The molecule has 0 aliphatic carbocycles. The average Bonchev–Trinajstić information content (AvgIpc) is 3.52. The van der Waals surface area contributed by atoms with E-state index in [0.29, 0.717) is 30.3 Å². The van der Waals surface area contributed by atoms with Crippen molar-refractivity contribution in [2.24, 2.45) is 5.92 Å². The van der Waals surface area contributed by atoms with Gasteiger partial charge in [0.25, 0.3) is 5.91 Å². The number of hydrogen-bond acceptors (Lipinski definition) is 5.